The third-order valence-corrected chi connectivity index (χ3v) is 4.62. The maximum absolute atomic E-state index is 3.50. The molecule has 1 aromatic rings. The molecule has 2 aliphatic heterocycles. The highest BCUT2D eigenvalue weighted by Gasteiger charge is 2.34. The molecule has 0 aliphatic carbocycles. The highest BCUT2D eigenvalue weighted by atomic mass is 79.9. The fourth-order valence-electron chi connectivity index (χ4n) is 3.18. The minimum atomic E-state index is 0.630. The SMILES string of the molecule is CC1CN2CCCC2CN1c1ccc(Br)cc1. The van der Waals surface area contributed by atoms with Crippen molar-refractivity contribution in [1.82, 2.24) is 4.90 Å². The first-order valence-electron chi connectivity index (χ1n) is 6.50. The predicted molar refractivity (Wildman–Crippen MR) is 75.5 cm³/mol. The van der Waals surface area contributed by atoms with Gasteiger partial charge in [0.15, 0.2) is 0 Å². The Morgan fingerprint density at radius 3 is 2.71 bits per heavy atom. The van der Waals surface area contributed by atoms with E-state index in [1.165, 1.54) is 38.2 Å². The molecule has 0 spiro atoms. The van der Waals surface area contributed by atoms with Gasteiger partial charge >= 0.3 is 0 Å². The van der Waals surface area contributed by atoms with Gasteiger partial charge in [0.25, 0.3) is 0 Å². The van der Waals surface area contributed by atoms with Crippen LogP contribution in [0.5, 0.6) is 0 Å². The van der Waals surface area contributed by atoms with E-state index >= 15 is 0 Å². The van der Waals surface area contributed by atoms with Crippen LogP contribution in [0.25, 0.3) is 0 Å². The molecule has 1 aromatic carbocycles. The van der Waals surface area contributed by atoms with Gasteiger partial charge in [0.1, 0.15) is 0 Å². The predicted octanol–water partition coefficient (Wildman–Crippen LogP) is 3.12. The van der Waals surface area contributed by atoms with Gasteiger partial charge in [-0.15, -0.1) is 0 Å². The highest BCUT2D eigenvalue weighted by molar-refractivity contribution is 9.10. The van der Waals surface area contributed by atoms with Crippen LogP contribution in [-0.2, 0) is 0 Å². The van der Waals surface area contributed by atoms with Gasteiger partial charge in [-0.3, -0.25) is 4.90 Å². The number of benzene rings is 1. The number of halogens is 1. The molecule has 2 heterocycles. The van der Waals surface area contributed by atoms with E-state index in [0.29, 0.717) is 6.04 Å². The number of hydrogen-bond donors (Lipinski definition) is 0. The van der Waals surface area contributed by atoms with Gasteiger partial charge < -0.3 is 4.90 Å². The molecule has 2 fully saturated rings. The van der Waals surface area contributed by atoms with Gasteiger partial charge in [-0.05, 0) is 50.6 Å². The maximum atomic E-state index is 3.50. The molecular formula is C14H19BrN2. The number of fused-ring (bicyclic) bond motifs is 1. The van der Waals surface area contributed by atoms with Crippen molar-refractivity contribution in [1.29, 1.82) is 0 Å². The Morgan fingerprint density at radius 1 is 1.18 bits per heavy atom. The lowest BCUT2D eigenvalue weighted by Crippen LogP contribution is -2.55. The standard InChI is InChI=1S/C14H19BrN2/c1-11-9-16-8-2-3-14(16)10-17(11)13-6-4-12(15)5-7-13/h4-7,11,14H,2-3,8-10H2,1H3. The summed E-state index contributed by atoms with van der Waals surface area (Å²) in [5, 5.41) is 0. The quantitative estimate of drug-likeness (QED) is 0.785. The van der Waals surface area contributed by atoms with Crippen LogP contribution < -0.4 is 4.90 Å². The molecule has 0 bridgehead atoms. The lowest BCUT2D eigenvalue weighted by molar-refractivity contribution is 0.203. The monoisotopic (exact) mass is 294 g/mol. The molecule has 3 rings (SSSR count). The summed E-state index contributed by atoms with van der Waals surface area (Å²) in [7, 11) is 0. The topological polar surface area (TPSA) is 6.48 Å². The summed E-state index contributed by atoms with van der Waals surface area (Å²) in [5.41, 5.74) is 1.37. The van der Waals surface area contributed by atoms with Crippen LogP contribution in [0.4, 0.5) is 5.69 Å². The molecule has 2 saturated heterocycles. The first-order chi connectivity index (χ1) is 8.24. The summed E-state index contributed by atoms with van der Waals surface area (Å²) in [6.07, 6.45) is 2.76. The Hall–Kier alpha value is -0.540. The number of hydrogen-bond acceptors (Lipinski definition) is 2. The van der Waals surface area contributed by atoms with E-state index in [0.717, 1.165) is 10.5 Å². The van der Waals surface area contributed by atoms with Crippen LogP contribution in [0.1, 0.15) is 19.8 Å². The maximum Gasteiger partial charge on any atom is 0.0389 e. The molecule has 2 aliphatic rings. The molecule has 2 atom stereocenters. The second kappa shape index (κ2) is 4.62. The summed E-state index contributed by atoms with van der Waals surface area (Å²) < 4.78 is 1.16. The zero-order chi connectivity index (χ0) is 11.8. The van der Waals surface area contributed by atoms with E-state index in [1.54, 1.807) is 0 Å². The lowest BCUT2D eigenvalue weighted by Gasteiger charge is -2.43. The van der Waals surface area contributed by atoms with Gasteiger partial charge in [-0.2, -0.15) is 0 Å². The van der Waals surface area contributed by atoms with Crippen LogP contribution in [0.15, 0.2) is 28.7 Å². The van der Waals surface area contributed by atoms with E-state index in [4.69, 9.17) is 0 Å². The summed E-state index contributed by atoms with van der Waals surface area (Å²) in [4.78, 5) is 5.24. The van der Waals surface area contributed by atoms with E-state index in [1.807, 2.05) is 0 Å². The van der Waals surface area contributed by atoms with Gasteiger partial charge in [-0.25, -0.2) is 0 Å². The van der Waals surface area contributed by atoms with Crippen LogP contribution in [0.3, 0.4) is 0 Å². The van der Waals surface area contributed by atoms with Crippen molar-refractivity contribution in [3.8, 4) is 0 Å². The Labute approximate surface area is 112 Å². The minimum absolute atomic E-state index is 0.630. The third-order valence-electron chi connectivity index (χ3n) is 4.10. The largest absolute Gasteiger partial charge is 0.366 e. The Balaban J connectivity index is 1.80. The minimum Gasteiger partial charge on any atom is -0.366 e. The molecule has 0 N–H and O–H groups in total. The van der Waals surface area contributed by atoms with E-state index in [9.17, 15) is 0 Å². The summed E-state index contributed by atoms with van der Waals surface area (Å²) >= 11 is 3.50. The van der Waals surface area contributed by atoms with E-state index in [-0.39, 0.29) is 0 Å². The van der Waals surface area contributed by atoms with Gasteiger partial charge in [0, 0.05) is 35.3 Å². The van der Waals surface area contributed by atoms with Crippen LogP contribution >= 0.6 is 15.9 Å². The summed E-state index contributed by atoms with van der Waals surface area (Å²) in [6.45, 7) is 6.07. The highest BCUT2D eigenvalue weighted by Crippen LogP contribution is 2.29. The van der Waals surface area contributed by atoms with Crippen molar-refractivity contribution in [2.45, 2.75) is 31.8 Å². The van der Waals surface area contributed by atoms with Crippen molar-refractivity contribution < 1.29 is 0 Å². The van der Waals surface area contributed by atoms with Crippen LogP contribution in [0, 0.1) is 0 Å². The Morgan fingerprint density at radius 2 is 1.94 bits per heavy atom. The van der Waals surface area contributed by atoms with Crippen molar-refractivity contribution in [2.24, 2.45) is 0 Å². The molecule has 0 saturated carbocycles. The second-order valence-electron chi connectivity index (χ2n) is 5.27. The van der Waals surface area contributed by atoms with Crippen molar-refractivity contribution >= 4 is 21.6 Å². The average molecular weight is 295 g/mol. The van der Waals surface area contributed by atoms with Crippen molar-refractivity contribution in [2.75, 3.05) is 24.5 Å². The molecule has 2 nitrogen and oxygen atoms in total. The van der Waals surface area contributed by atoms with Gasteiger partial charge in [0.2, 0.25) is 0 Å². The summed E-state index contributed by atoms with van der Waals surface area (Å²) in [6, 6.07) is 10.2. The molecule has 0 amide bonds. The molecule has 0 radical (unpaired) electrons. The van der Waals surface area contributed by atoms with E-state index in [2.05, 4.69) is 56.9 Å². The van der Waals surface area contributed by atoms with Gasteiger partial charge in [-0.1, -0.05) is 15.9 Å². The average Bonchev–Trinajstić information content (AvgIpc) is 2.76. The van der Waals surface area contributed by atoms with Crippen LogP contribution in [0.2, 0.25) is 0 Å². The second-order valence-corrected chi connectivity index (χ2v) is 6.18. The zero-order valence-corrected chi connectivity index (χ0v) is 11.9. The smallest absolute Gasteiger partial charge is 0.0389 e. The zero-order valence-electron chi connectivity index (χ0n) is 10.3. The first kappa shape index (κ1) is 11.5. The molecule has 0 aromatic heterocycles. The molecule has 92 valence electrons. The van der Waals surface area contributed by atoms with Crippen molar-refractivity contribution in [3.63, 3.8) is 0 Å². The van der Waals surface area contributed by atoms with Gasteiger partial charge in [0.05, 0.1) is 0 Å². The third kappa shape index (κ3) is 2.23. The molecular weight excluding hydrogens is 276 g/mol. The summed E-state index contributed by atoms with van der Waals surface area (Å²) in [5.74, 6) is 0. The van der Waals surface area contributed by atoms with E-state index < -0.39 is 0 Å². The number of anilines is 1. The van der Waals surface area contributed by atoms with Crippen LogP contribution in [-0.4, -0.2) is 36.6 Å². The normalized spacial score (nSPS) is 29.4. The van der Waals surface area contributed by atoms with Crippen molar-refractivity contribution in [3.05, 3.63) is 28.7 Å². The molecule has 17 heavy (non-hydrogen) atoms. The Kier molecular flexibility index (Phi) is 3.14. The number of rotatable bonds is 1. The fraction of sp³-hybridized carbons (Fsp3) is 0.571. The number of piperazine rings is 1. The Bertz CT molecular complexity index is 390. The molecule has 2 unspecified atom stereocenters. The first-order valence-corrected chi connectivity index (χ1v) is 7.29. The lowest BCUT2D eigenvalue weighted by atomic mass is 10.1. The fourth-order valence-corrected chi connectivity index (χ4v) is 3.44. The molecule has 3 heteroatoms. The number of nitrogens with zero attached hydrogens (tertiary/aromatic N) is 2.